The zero-order valence-corrected chi connectivity index (χ0v) is 18.7. The third-order valence-corrected chi connectivity index (χ3v) is 6.38. The van der Waals surface area contributed by atoms with E-state index in [-0.39, 0.29) is 11.5 Å². The fourth-order valence-electron chi connectivity index (χ4n) is 3.32. The molecule has 1 amide bonds. The standard InChI is InChI=1S/C21H21N5O3S2/c1-25-16-6-3-4-7-17(16)31-21(25)24-23-18(27)13-8-9-14-15(12-13)22-20(30)26(19(14)28)10-5-11-29-2/h3-4,6-9,12H,5,10-11H2,1-2H3,(H,22,30)(H,23,27)/b24-21-. The fraction of sp³-hybridized carbons (Fsp3) is 0.238. The average Bonchev–Trinajstić information content (AvgIpc) is 3.09. The maximum absolute atomic E-state index is 12.8. The number of hydrogen-bond acceptors (Lipinski definition) is 6. The lowest BCUT2D eigenvalue weighted by Gasteiger charge is -2.08. The predicted molar refractivity (Wildman–Crippen MR) is 124 cm³/mol. The molecule has 8 nitrogen and oxygen atoms in total. The molecule has 2 N–H and O–H groups in total. The smallest absolute Gasteiger partial charge is 0.271 e. The normalized spacial score (nSPS) is 12.0. The summed E-state index contributed by atoms with van der Waals surface area (Å²) in [5.41, 5.74) is 4.34. The van der Waals surface area contributed by atoms with Crippen LogP contribution >= 0.6 is 23.6 Å². The molecule has 10 heteroatoms. The molecule has 2 heterocycles. The first-order chi connectivity index (χ1) is 15.0. The van der Waals surface area contributed by atoms with E-state index >= 15 is 0 Å². The number of para-hydroxylation sites is 1. The van der Waals surface area contributed by atoms with Gasteiger partial charge >= 0.3 is 0 Å². The number of H-pyrrole nitrogens is 1. The molecule has 0 aliphatic heterocycles. The Hall–Kier alpha value is -3.08. The van der Waals surface area contributed by atoms with Crippen LogP contribution < -0.4 is 15.8 Å². The molecule has 0 aliphatic carbocycles. The number of aryl methyl sites for hydroxylation is 1. The van der Waals surface area contributed by atoms with Gasteiger partial charge in [0.05, 0.1) is 21.1 Å². The van der Waals surface area contributed by atoms with E-state index in [9.17, 15) is 9.59 Å². The first-order valence-corrected chi connectivity index (χ1v) is 10.9. The molecule has 160 valence electrons. The minimum atomic E-state index is -0.372. The molecule has 0 bridgehead atoms. The van der Waals surface area contributed by atoms with Gasteiger partial charge in [-0.1, -0.05) is 23.5 Å². The number of nitrogens with one attached hydrogen (secondary N) is 2. The highest BCUT2D eigenvalue weighted by molar-refractivity contribution is 7.71. The van der Waals surface area contributed by atoms with E-state index in [1.54, 1.807) is 25.3 Å². The highest BCUT2D eigenvalue weighted by atomic mass is 32.1. The lowest BCUT2D eigenvalue weighted by molar-refractivity contribution is 0.0953. The molecule has 2 aromatic heterocycles. The molecule has 0 aliphatic rings. The number of hydrogen-bond donors (Lipinski definition) is 2. The summed E-state index contributed by atoms with van der Waals surface area (Å²) in [4.78, 5) is 29.1. The van der Waals surface area contributed by atoms with Gasteiger partial charge in [-0.25, -0.2) is 5.43 Å². The predicted octanol–water partition coefficient (Wildman–Crippen LogP) is 2.89. The minimum Gasteiger partial charge on any atom is -0.385 e. The van der Waals surface area contributed by atoms with Gasteiger partial charge in [0.25, 0.3) is 11.5 Å². The Balaban J connectivity index is 1.62. The number of ether oxygens (including phenoxy) is 1. The summed E-state index contributed by atoms with van der Waals surface area (Å²) in [5.74, 6) is -0.372. The first-order valence-electron chi connectivity index (χ1n) is 9.64. The van der Waals surface area contributed by atoms with Gasteiger partial charge in [0.15, 0.2) is 4.77 Å². The number of benzene rings is 2. The molecule has 4 aromatic rings. The Morgan fingerprint density at radius 1 is 1.29 bits per heavy atom. The molecule has 4 rings (SSSR count). The summed E-state index contributed by atoms with van der Waals surface area (Å²) >= 11 is 6.82. The van der Waals surface area contributed by atoms with Gasteiger partial charge in [0.2, 0.25) is 4.80 Å². The fourth-order valence-corrected chi connectivity index (χ4v) is 4.58. The van der Waals surface area contributed by atoms with Gasteiger partial charge in [0.1, 0.15) is 0 Å². The minimum absolute atomic E-state index is 0.191. The van der Waals surface area contributed by atoms with E-state index in [1.807, 2.05) is 35.9 Å². The van der Waals surface area contributed by atoms with E-state index in [4.69, 9.17) is 17.0 Å². The Morgan fingerprint density at radius 2 is 2.10 bits per heavy atom. The van der Waals surface area contributed by atoms with E-state index in [0.717, 1.165) is 10.2 Å². The lowest BCUT2D eigenvalue weighted by Crippen LogP contribution is -2.24. The molecule has 0 radical (unpaired) electrons. The van der Waals surface area contributed by atoms with Crippen LogP contribution in [0.3, 0.4) is 0 Å². The zero-order chi connectivity index (χ0) is 22.0. The van der Waals surface area contributed by atoms with Crippen molar-refractivity contribution < 1.29 is 9.53 Å². The van der Waals surface area contributed by atoms with Crippen LogP contribution in [0.2, 0.25) is 0 Å². The molecule has 0 saturated carbocycles. The van der Waals surface area contributed by atoms with E-state index in [0.29, 0.717) is 45.6 Å². The van der Waals surface area contributed by atoms with Crippen LogP contribution in [-0.4, -0.2) is 33.7 Å². The maximum Gasteiger partial charge on any atom is 0.271 e. The molecular weight excluding hydrogens is 434 g/mol. The summed E-state index contributed by atoms with van der Waals surface area (Å²) in [6.45, 7) is 1.00. The van der Waals surface area contributed by atoms with Crippen LogP contribution in [0, 0.1) is 4.77 Å². The Kier molecular flexibility index (Phi) is 6.12. The molecule has 0 spiro atoms. The van der Waals surface area contributed by atoms with Gasteiger partial charge in [-0.15, -0.1) is 5.10 Å². The SMILES string of the molecule is COCCCn1c(=S)[nH]c2cc(C(=O)N/N=c3\sc4ccccc4n3C)ccc2c1=O. The summed E-state index contributed by atoms with van der Waals surface area (Å²) in [6.07, 6.45) is 0.677. The summed E-state index contributed by atoms with van der Waals surface area (Å²) < 4.78 is 9.86. The van der Waals surface area contributed by atoms with Gasteiger partial charge in [0, 0.05) is 32.9 Å². The number of aromatic amines is 1. The monoisotopic (exact) mass is 455 g/mol. The van der Waals surface area contributed by atoms with Gasteiger partial charge in [-0.05, 0) is 49.0 Å². The summed E-state index contributed by atoms with van der Waals surface area (Å²) in [6, 6.07) is 12.8. The summed E-state index contributed by atoms with van der Waals surface area (Å²) in [5, 5.41) is 4.73. The third kappa shape index (κ3) is 4.22. The van der Waals surface area contributed by atoms with Crippen molar-refractivity contribution in [2.75, 3.05) is 13.7 Å². The summed E-state index contributed by atoms with van der Waals surface area (Å²) in [7, 11) is 3.51. The number of amides is 1. The first kappa shape index (κ1) is 21.2. The third-order valence-electron chi connectivity index (χ3n) is 4.94. The number of aromatic nitrogens is 3. The largest absolute Gasteiger partial charge is 0.385 e. The average molecular weight is 456 g/mol. The second kappa shape index (κ2) is 8.96. The van der Waals surface area contributed by atoms with Crippen molar-refractivity contribution in [3.05, 3.63) is 68.0 Å². The van der Waals surface area contributed by atoms with Crippen LogP contribution in [0.15, 0.2) is 52.4 Å². The van der Waals surface area contributed by atoms with Crippen LogP contribution in [0.25, 0.3) is 21.1 Å². The number of rotatable bonds is 6. The van der Waals surface area contributed by atoms with Crippen molar-refractivity contribution >= 4 is 50.6 Å². The number of carbonyl (C=O) groups excluding carboxylic acids is 1. The molecule has 0 fully saturated rings. The van der Waals surface area contributed by atoms with Crippen molar-refractivity contribution in [3.8, 4) is 0 Å². The number of thiazole rings is 1. The van der Waals surface area contributed by atoms with E-state index in [2.05, 4.69) is 15.5 Å². The van der Waals surface area contributed by atoms with Crippen molar-refractivity contribution in [2.24, 2.45) is 12.1 Å². The Labute approximate surface area is 186 Å². The molecular formula is C21H21N5O3S2. The van der Waals surface area contributed by atoms with Crippen LogP contribution in [0.4, 0.5) is 0 Å². The lowest BCUT2D eigenvalue weighted by atomic mass is 10.1. The maximum atomic E-state index is 12.8. The molecule has 2 aromatic carbocycles. The van der Waals surface area contributed by atoms with Crippen LogP contribution in [0.1, 0.15) is 16.8 Å². The van der Waals surface area contributed by atoms with Crippen molar-refractivity contribution in [2.45, 2.75) is 13.0 Å². The Morgan fingerprint density at radius 3 is 2.87 bits per heavy atom. The molecule has 31 heavy (non-hydrogen) atoms. The topological polar surface area (TPSA) is 93.4 Å². The second-order valence-electron chi connectivity index (χ2n) is 6.96. The molecule has 0 saturated heterocycles. The van der Waals surface area contributed by atoms with Gasteiger partial charge in [-0.3, -0.25) is 14.2 Å². The van der Waals surface area contributed by atoms with Gasteiger partial charge in [-0.2, -0.15) is 0 Å². The molecule has 0 atom stereocenters. The quantitative estimate of drug-likeness (QED) is 0.266. The second-order valence-corrected chi connectivity index (χ2v) is 8.35. The Bertz CT molecular complexity index is 1460. The number of fused-ring (bicyclic) bond motifs is 2. The number of carbonyl (C=O) groups is 1. The van der Waals surface area contributed by atoms with Crippen molar-refractivity contribution in [3.63, 3.8) is 0 Å². The van der Waals surface area contributed by atoms with Crippen LogP contribution in [-0.2, 0) is 18.3 Å². The highest BCUT2D eigenvalue weighted by Crippen LogP contribution is 2.15. The van der Waals surface area contributed by atoms with E-state index in [1.165, 1.54) is 15.9 Å². The van der Waals surface area contributed by atoms with Crippen molar-refractivity contribution in [1.82, 2.24) is 19.5 Å². The molecule has 0 unspecified atom stereocenters. The number of nitrogens with zero attached hydrogens (tertiary/aromatic N) is 3. The number of methoxy groups -OCH3 is 1. The zero-order valence-electron chi connectivity index (χ0n) is 17.0. The van der Waals surface area contributed by atoms with Crippen LogP contribution in [0.5, 0.6) is 0 Å². The van der Waals surface area contributed by atoms with Gasteiger partial charge < -0.3 is 14.3 Å². The van der Waals surface area contributed by atoms with Crippen molar-refractivity contribution in [1.29, 1.82) is 0 Å². The highest BCUT2D eigenvalue weighted by Gasteiger charge is 2.11. The van der Waals surface area contributed by atoms with E-state index < -0.39 is 0 Å².